The van der Waals surface area contributed by atoms with Gasteiger partial charge in [0, 0.05) is 26.1 Å². The van der Waals surface area contributed by atoms with Gasteiger partial charge in [0.05, 0.1) is 12.7 Å². The van der Waals surface area contributed by atoms with Crippen molar-refractivity contribution in [1.82, 2.24) is 4.90 Å². The molecule has 1 aliphatic rings. The van der Waals surface area contributed by atoms with Crippen LogP contribution in [0.2, 0.25) is 0 Å². The molecule has 0 aliphatic carbocycles. The molecule has 78 valence electrons. The number of nitrogens with zero attached hydrogens (tertiary/aromatic N) is 2. The normalized spacial score (nSPS) is 26.2. The Kier molecular flexibility index (Phi) is 3.90. The van der Waals surface area contributed by atoms with E-state index in [1.807, 2.05) is 6.07 Å². The lowest BCUT2D eigenvalue weighted by atomic mass is 10.00. The molecule has 4 heteroatoms. The molecule has 0 bridgehead atoms. The monoisotopic (exact) mass is 196 g/mol. The van der Waals surface area contributed by atoms with E-state index in [-0.39, 0.29) is 12.3 Å². The average molecular weight is 196 g/mol. The number of carbonyl (C=O) groups excluding carboxylic acids is 1. The second-order valence-corrected chi connectivity index (χ2v) is 3.83. The van der Waals surface area contributed by atoms with Gasteiger partial charge in [-0.05, 0) is 5.92 Å². The van der Waals surface area contributed by atoms with Crippen LogP contribution in [0.25, 0.3) is 0 Å². The fourth-order valence-electron chi connectivity index (χ4n) is 1.85. The molecule has 1 amide bonds. The zero-order chi connectivity index (χ0) is 10.6. The first-order valence-electron chi connectivity index (χ1n) is 4.82. The summed E-state index contributed by atoms with van der Waals surface area (Å²) in [4.78, 5) is 13.2. The summed E-state index contributed by atoms with van der Waals surface area (Å²) in [5, 5.41) is 8.41. The molecule has 1 saturated heterocycles. The maximum absolute atomic E-state index is 11.4. The van der Waals surface area contributed by atoms with E-state index < -0.39 is 0 Å². The molecule has 0 aromatic rings. The first-order chi connectivity index (χ1) is 6.69. The third-order valence-electron chi connectivity index (χ3n) is 2.73. The van der Waals surface area contributed by atoms with Gasteiger partial charge in [-0.15, -0.1) is 0 Å². The second kappa shape index (κ2) is 4.97. The summed E-state index contributed by atoms with van der Waals surface area (Å²) in [5.41, 5.74) is 0. The molecule has 0 aromatic heterocycles. The van der Waals surface area contributed by atoms with Gasteiger partial charge in [0.2, 0.25) is 5.91 Å². The van der Waals surface area contributed by atoms with Crippen molar-refractivity contribution in [1.29, 1.82) is 5.26 Å². The number of hydrogen-bond donors (Lipinski definition) is 0. The molecule has 1 rings (SSSR count). The Bertz CT molecular complexity index is 247. The van der Waals surface area contributed by atoms with Crippen molar-refractivity contribution in [2.45, 2.75) is 13.3 Å². The molecule has 1 aliphatic heterocycles. The molecule has 14 heavy (non-hydrogen) atoms. The molecular formula is C10H16N2O2. The zero-order valence-corrected chi connectivity index (χ0v) is 8.69. The molecule has 0 radical (unpaired) electrons. The number of nitriles is 1. The van der Waals surface area contributed by atoms with Crippen LogP contribution in [0.1, 0.15) is 13.3 Å². The van der Waals surface area contributed by atoms with Crippen molar-refractivity contribution in [3.05, 3.63) is 0 Å². The van der Waals surface area contributed by atoms with Crippen molar-refractivity contribution in [3.8, 4) is 6.07 Å². The Labute approximate surface area is 84.4 Å². The van der Waals surface area contributed by atoms with Crippen molar-refractivity contribution in [2.24, 2.45) is 11.8 Å². The molecule has 1 fully saturated rings. The minimum absolute atomic E-state index is 0.00752. The van der Waals surface area contributed by atoms with Gasteiger partial charge < -0.3 is 9.64 Å². The maximum atomic E-state index is 11.4. The number of carbonyl (C=O) groups is 1. The molecule has 4 nitrogen and oxygen atoms in total. The first kappa shape index (κ1) is 11.0. The van der Waals surface area contributed by atoms with Crippen LogP contribution in [0.3, 0.4) is 0 Å². The van der Waals surface area contributed by atoms with Crippen LogP contribution in [-0.4, -0.2) is 37.6 Å². The van der Waals surface area contributed by atoms with Gasteiger partial charge >= 0.3 is 0 Å². The van der Waals surface area contributed by atoms with Crippen LogP contribution >= 0.6 is 0 Å². The van der Waals surface area contributed by atoms with Crippen LogP contribution in [0.15, 0.2) is 0 Å². The van der Waals surface area contributed by atoms with Crippen molar-refractivity contribution in [3.63, 3.8) is 0 Å². The van der Waals surface area contributed by atoms with Crippen LogP contribution in [0.4, 0.5) is 0 Å². The topological polar surface area (TPSA) is 53.3 Å². The molecule has 0 spiro atoms. The number of rotatable bonds is 3. The van der Waals surface area contributed by atoms with E-state index in [2.05, 4.69) is 6.92 Å². The molecule has 0 unspecified atom stereocenters. The van der Waals surface area contributed by atoms with Gasteiger partial charge in [0.15, 0.2) is 0 Å². The van der Waals surface area contributed by atoms with E-state index in [1.54, 1.807) is 12.0 Å². The first-order valence-corrected chi connectivity index (χ1v) is 4.82. The molecular weight excluding hydrogens is 180 g/mol. The average Bonchev–Trinajstić information content (AvgIpc) is 2.49. The molecule has 0 saturated carbocycles. The summed E-state index contributed by atoms with van der Waals surface area (Å²) in [7, 11) is 1.67. The van der Waals surface area contributed by atoms with Crippen LogP contribution < -0.4 is 0 Å². The number of methoxy groups -OCH3 is 1. The summed E-state index contributed by atoms with van der Waals surface area (Å²) in [6.07, 6.45) is -0.00752. The van der Waals surface area contributed by atoms with Gasteiger partial charge in [0.25, 0.3) is 0 Å². The number of ether oxygens (including phenoxy) is 1. The van der Waals surface area contributed by atoms with Crippen LogP contribution in [0.5, 0.6) is 0 Å². The highest BCUT2D eigenvalue weighted by atomic mass is 16.5. The Morgan fingerprint density at radius 2 is 2.36 bits per heavy atom. The summed E-state index contributed by atoms with van der Waals surface area (Å²) in [5.74, 6) is 0.832. The molecule has 0 N–H and O–H groups in total. The minimum atomic E-state index is -0.0575. The largest absolute Gasteiger partial charge is 0.384 e. The standard InChI is InChI=1S/C10H16N2O2/c1-8-5-12(10(13)3-4-11)6-9(8)7-14-2/h8-9H,3,5-7H2,1-2H3/t8-,9+/m0/s1. The lowest BCUT2D eigenvalue weighted by Crippen LogP contribution is -2.28. The SMILES string of the molecule is COC[C@H]1CN(C(=O)CC#N)C[C@@H]1C. The van der Waals surface area contributed by atoms with E-state index in [0.29, 0.717) is 18.4 Å². The fraction of sp³-hybridized carbons (Fsp3) is 0.800. The lowest BCUT2D eigenvalue weighted by Gasteiger charge is -2.14. The lowest BCUT2D eigenvalue weighted by molar-refractivity contribution is -0.129. The summed E-state index contributed by atoms with van der Waals surface area (Å²) in [6.45, 7) is 4.30. The summed E-state index contributed by atoms with van der Waals surface area (Å²) >= 11 is 0. The van der Waals surface area contributed by atoms with E-state index in [0.717, 1.165) is 13.1 Å². The van der Waals surface area contributed by atoms with Gasteiger partial charge in [-0.3, -0.25) is 4.79 Å². The van der Waals surface area contributed by atoms with Crippen LogP contribution in [0, 0.1) is 23.2 Å². The predicted octanol–water partition coefficient (Wildman–Crippen LogP) is 0.641. The van der Waals surface area contributed by atoms with Crippen LogP contribution in [-0.2, 0) is 9.53 Å². The summed E-state index contributed by atoms with van der Waals surface area (Å²) in [6, 6.07) is 1.88. The zero-order valence-electron chi connectivity index (χ0n) is 8.69. The van der Waals surface area contributed by atoms with Crippen molar-refractivity contribution < 1.29 is 9.53 Å². The quantitative estimate of drug-likeness (QED) is 0.665. The number of likely N-dealkylation sites (tertiary alicyclic amines) is 1. The Balaban J connectivity index is 2.46. The van der Waals surface area contributed by atoms with Crippen molar-refractivity contribution in [2.75, 3.05) is 26.8 Å². The third-order valence-corrected chi connectivity index (χ3v) is 2.73. The summed E-state index contributed by atoms with van der Waals surface area (Å²) < 4.78 is 5.08. The van der Waals surface area contributed by atoms with Gasteiger partial charge in [-0.25, -0.2) is 0 Å². The number of amides is 1. The third kappa shape index (κ3) is 2.46. The van der Waals surface area contributed by atoms with Gasteiger partial charge in [0.1, 0.15) is 6.42 Å². The maximum Gasteiger partial charge on any atom is 0.236 e. The molecule has 0 aromatic carbocycles. The predicted molar refractivity (Wildman–Crippen MR) is 51.3 cm³/mol. The van der Waals surface area contributed by atoms with E-state index >= 15 is 0 Å². The fourth-order valence-corrected chi connectivity index (χ4v) is 1.85. The molecule has 2 atom stereocenters. The highest BCUT2D eigenvalue weighted by Crippen LogP contribution is 2.23. The highest BCUT2D eigenvalue weighted by molar-refractivity contribution is 5.78. The Morgan fingerprint density at radius 3 is 2.93 bits per heavy atom. The Hall–Kier alpha value is -1.08. The van der Waals surface area contributed by atoms with E-state index in [1.165, 1.54) is 0 Å². The van der Waals surface area contributed by atoms with Crippen molar-refractivity contribution >= 4 is 5.91 Å². The highest BCUT2D eigenvalue weighted by Gasteiger charge is 2.31. The second-order valence-electron chi connectivity index (χ2n) is 3.83. The number of hydrogen-bond acceptors (Lipinski definition) is 3. The van der Waals surface area contributed by atoms with E-state index in [9.17, 15) is 4.79 Å². The molecule has 1 heterocycles. The van der Waals surface area contributed by atoms with E-state index in [4.69, 9.17) is 10.00 Å². The Morgan fingerprint density at radius 1 is 1.64 bits per heavy atom. The van der Waals surface area contributed by atoms with Gasteiger partial charge in [-0.2, -0.15) is 5.26 Å². The van der Waals surface area contributed by atoms with Gasteiger partial charge in [-0.1, -0.05) is 6.92 Å². The minimum Gasteiger partial charge on any atom is -0.384 e. The smallest absolute Gasteiger partial charge is 0.236 e.